The number of rotatable bonds is 5. The first-order valence-corrected chi connectivity index (χ1v) is 7.32. The van der Waals surface area contributed by atoms with Crippen molar-refractivity contribution in [1.82, 2.24) is 0 Å². The number of hydrogen-bond donors (Lipinski definition) is 1. The number of anilines is 1. The van der Waals surface area contributed by atoms with Crippen LogP contribution < -0.4 is 10.1 Å². The van der Waals surface area contributed by atoms with Gasteiger partial charge in [0.2, 0.25) is 5.54 Å². The number of alkyl halides is 3. The molecule has 0 amide bonds. The summed E-state index contributed by atoms with van der Waals surface area (Å²) < 4.78 is 45.9. The Hall–Kier alpha value is -2.39. The van der Waals surface area contributed by atoms with Gasteiger partial charge in [0.25, 0.3) is 0 Å². The first kappa shape index (κ1) is 18.0. The van der Waals surface area contributed by atoms with Gasteiger partial charge in [-0.3, -0.25) is 0 Å². The number of benzene rings is 2. The molecule has 0 aliphatic heterocycles. The minimum absolute atomic E-state index is 0.170. The van der Waals surface area contributed by atoms with Gasteiger partial charge in [-0.05, 0) is 42.0 Å². The van der Waals surface area contributed by atoms with Crippen molar-refractivity contribution in [2.45, 2.75) is 18.1 Å². The number of nitriles is 1. The topological polar surface area (TPSA) is 45.0 Å². The van der Waals surface area contributed by atoms with Gasteiger partial charge in [0, 0.05) is 17.1 Å². The quantitative estimate of drug-likeness (QED) is 0.836. The van der Waals surface area contributed by atoms with Crippen LogP contribution in [0.4, 0.5) is 18.9 Å². The Bertz CT molecular complexity index is 723. The van der Waals surface area contributed by atoms with Crippen LogP contribution in [0.25, 0.3) is 0 Å². The van der Waals surface area contributed by atoms with E-state index in [1.807, 2.05) is 0 Å². The van der Waals surface area contributed by atoms with E-state index in [2.05, 4.69) is 5.32 Å². The molecule has 2 aromatic carbocycles. The van der Waals surface area contributed by atoms with Gasteiger partial charge in [0.05, 0.1) is 7.11 Å². The third-order valence-electron chi connectivity index (χ3n) is 3.51. The smallest absolute Gasteiger partial charge is 0.425 e. The molecule has 0 aliphatic rings. The van der Waals surface area contributed by atoms with Gasteiger partial charge in [0.1, 0.15) is 11.8 Å². The van der Waals surface area contributed by atoms with Crippen LogP contribution in [0.1, 0.15) is 5.56 Å². The second kappa shape index (κ2) is 7.02. The maximum Gasteiger partial charge on any atom is 0.425 e. The first-order chi connectivity index (χ1) is 11.3. The van der Waals surface area contributed by atoms with Crippen LogP contribution in [0.3, 0.4) is 0 Å². The molecule has 2 rings (SSSR count). The minimum Gasteiger partial charge on any atom is -0.497 e. The van der Waals surface area contributed by atoms with E-state index in [1.165, 1.54) is 61.7 Å². The van der Waals surface area contributed by atoms with Gasteiger partial charge >= 0.3 is 6.18 Å². The van der Waals surface area contributed by atoms with Crippen molar-refractivity contribution in [3.63, 3.8) is 0 Å². The molecule has 0 aromatic heterocycles. The van der Waals surface area contributed by atoms with Crippen LogP contribution in [0.2, 0.25) is 5.02 Å². The zero-order valence-electron chi connectivity index (χ0n) is 12.7. The van der Waals surface area contributed by atoms with Gasteiger partial charge in [-0.2, -0.15) is 18.4 Å². The number of ether oxygens (including phenoxy) is 1. The first-order valence-electron chi connectivity index (χ1n) is 6.94. The van der Waals surface area contributed by atoms with E-state index in [1.54, 1.807) is 0 Å². The molecule has 1 unspecified atom stereocenters. The molecular formula is C17H14ClF3N2O. The number of nitrogens with one attached hydrogen (secondary N) is 1. The van der Waals surface area contributed by atoms with E-state index >= 15 is 0 Å². The molecule has 0 heterocycles. The maximum atomic E-state index is 13.6. The zero-order chi connectivity index (χ0) is 17.8. The lowest BCUT2D eigenvalue weighted by Crippen LogP contribution is -2.52. The Labute approximate surface area is 142 Å². The fourth-order valence-corrected chi connectivity index (χ4v) is 2.30. The molecule has 7 heteroatoms. The maximum absolute atomic E-state index is 13.6. The largest absolute Gasteiger partial charge is 0.497 e. The van der Waals surface area contributed by atoms with Crippen LogP contribution in [0.5, 0.6) is 5.75 Å². The van der Waals surface area contributed by atoms with E-state index < -0.39 is 18.1 Å². The monoisotopic (exact) mass is 354 g/mol. The van der Waals surface area contributed by atoms with E-state index in [0.29, 0.717) is 16.3 Å². The van der Waals surface area contributed by atoms with Crippen LogP contribution >= 0.6 is 11.6 Å². The Balaban J connectivity index is 2.35. The van der Waals surface area contributed by atoms with Crippen LogP contribution in [0, 0.1) is 11.3 Å². The molecule has 0 spiro atoms. The van der Waals surface area contributed by atoms with Crippen molar-refractivity contribution in [3.8, 4) is 11.8 Å². The summed E-state index contributed by atoms with van der Waals surface area (Å²) in [5.41, 5.74) is -2.24. The lowest BCUT2D eigenvalue weighted by molar-refractivity contribution is -0.162. The summed E-state index contributed by atoms with van der Waals surface area (Å²) in [4.78, 5) is 0. The Morgan fingerprint density at radius 2 is 1.67 bits per heavy atom. The predicted molar refractivity (Wildman–Crippen MR) is 86.2 cm³/mol. The van der Waals surface area contributed by atoms with E-state index in [9.17, 15) is 18.4 Å². The Morgan fingerprint density at radius 1 is 1.08 bits per heavy atom. The summed E-state index contributed by atoms with van der Waals surface area (Å²) in [6.07, 6.45) is -5.32. The average molecular weight is 355 g/mol. The highest BCUT2D eigenvalue weighted by molar-refractivity contribution is 6.30. The molecule has 0 aliphatic carbocycles. The molecule has 0 radical (unpaired) electrons. The van der Waals surface area contributed by atoms with E-state index in [4.69, 9.17) is 16.3 Å². The fourth-order valence-electron chi connectivity index (χ4n) is 2.18. The highest BCUT2D eigenvalue weighted by atomic mass is 35.5. The Kier molecular flexibility index (Phi) is 5.25. The molecule has 1 N–H and O–H groups in total. The van der Waals surface area contributed by atoms with Crippen LogP contribution in [-0.2, 0) is 6.42 Å². The zero-order valence-corrected chi connectivity index (χ0v) is 13.4. The third-order valence-corrected chi connectivity index (χ3v) is 3.76. The lowest BCUT2D eigenvalue weighted by Gasteiger charge is -2.31. The summed E-state index contributed by atoms with van der Waals surface area (Å²) in [5, 5.41) is 12.0. The van der Waals surface area contributed by atoms with E-state index in [0.717, 1.165) is 0 Å². The highest BCUT2D eigenvalue weighted by Crippen LogP contribution is 2.36. The predicted octanol–water partition coefficient (Wildman–Crippen LogP) is 4.83. The molecule has 3 nitrogen and oxygen atoms in total. The van der Waals surface area contributed by atoms with E-state index in [-0.39, 0.29) is 5.69 Å². The number of methoxy groups -OCH3 is 1. The van der Waals surface area contributed by atoms with Gasteiger partial charge in [0.15, 0.2) is 0 Å². The van der Waals surface area contributed by atoms with Gasteiger partial charge in [-0.15, -0.1) is 0 Å². The molecule has 0 fully saturated rings. The van der Waals surface area contributed by atoms with Crippen molar-refractivity contribution < 1.29 is 17.9 Å². The summed E-state index contributed by atoms with van der Waals surface area (Å²) in [6.45, 7) is 0. The molecular weight excluding hydrogens is 341 g/mol. The highest BCUT2D eigenvalue weighted by Gasteiger charge is 2.55. The summed E-state index contributed by atoms with van der Waals surface area (Å²) in [5.74, 6) is 0.507. The second-order valence-corrected chi connectivity index (χ2v) is 5.61. The van der Waals surface area contributed by atoms with Crippen molar-refractivity contribution in [2.24, 2.45) is 0 Å². The van der Waals surface area contributed by atoms with Gasteiger partial charge < -0.3 is 10.1 Å². The van der Waals surface area contributed by atoms with Crippen LogP contribution in [-0.4, -0.2) is 18.8 Å². The van der Waals surface area contributed by atoms with Crippen molar-refractivity contribution in [1.29, 1.82) is 5.26 Å². The molecule has 0 bridgehead atoms. The van der Waals surface area contributed by atoms with Crippen molar-refractivity contribution in [2.75, 3.05) is 12.4 Å². The SMILES string of the molecule is COc1ccc(NC(C#N)(Cc2ccc(Cl)cc2)C(F)(F)F)cc1. The molecule has 0 saturated carbocycles. The fraction of sp³-hybridized carbons (Fsp3) is 0.235. The molecule has 0 saturated heterocycles. The number of nitrogens with zero attached hydrogens (tertiary/aromatic N) is 1. The Morgan fingerprint density at radius 3 is 2.12 bits per heavy atom. The normalized spacial score (nSPS) is 13.7. The van der Waals surface area contributed by atoms with Crippen molar-refractivity contribution >= 4 is 17.3 Å². The summed E-state index contributed by atoms with van der Waals surface area (Å²) >= 11 is 5.75. The summed E-state index contributed by atoms with van der Waals surface area (Å²) in [7, 11) is 1.46. The lowest BCUT2D eigenvalue weighted by atomic mass is 9.91. The molecule has 126 valence electrons. The second-order valence-electron chi connectivity index (χ2n) is 5.17. The molecule has 2 aromatic rings. The number of hydrogen-bond acceptors (Lipinski definition) is 3. The van der Waals surface area contributed by atoms with Crippen molar-refractivity contribution in [3.05, 3.63) is 59.1 Å². The molecule has 24 heavy (non-hydrogen) atoms. The minimum atomic E-state index is -4.78. The van der Waals surface area contributed by atoms with Gasteiger partial charge in [-0.1, -0.05) is 23.7 Å². The number of halogens is 4. The third kappa shape index (κ3) is 3.92. The van der Waals surface area contributed by atoms with Gasteiger partial charge in [-0.25, -0.2) is 0 Å². The average Bonchev–Trinajstić information content (AvgIpc) is 2.56. The standard InChI is InChI=1S/C17H14ClF3N2O/c1-24-15-8-6-14(7-9-15)23-16(11-22,17(19,20)21)10-12-2-4-13(18)5-3-12/h2-9,23H,10H2,1H3. The molecule has 1 atom stereocenters. The van der Waals surface area contributed by atoms with Crippen LogP contribution in [0.15, 0.2) is 48.5 Å². The summed E-state index contributed by atoms with van der Waals surface area (Å²) in [6, 6.07) is 13.2.